The molecule has 5 nitrogen and oxygen atoms in total. The van der Waals surface area contributed by atoms with Crippen molar-refractivity contribution in [3.05, 3.63) is 0 Å². The topological polar surface area (TPSA) is 61.8 Å². The Morgan fingerprint density at radius 3 is 2.71 bits per heavy atom. The molecule has 3 saturated heterocycles. The normalized spacial score (nSPS) is 47.9. The molecule has 3 rings (SSSR count). The molecule has 0 aromatic heterocycles. The smallest absolute Gasteiger partial charge is 0.273 e. The zero-order chi connectivity index (χ0) is 12.4. The highest BCUT2D eigenvalue weighted by Crippen LogP contribution is 2.48. The van der Waals surface area contributed by atoms with E-state index < -0.39 is 27.0 Å². The second-order valence-corrected chi connectivity index (χ2v) is 7.38. The van der Waals surface area contributed by atoms with Crippen molar-refractivity contribution in [3.8, 4) is 0 Å². The molecule has 0 aromatic carbocycles. The van der Waals surface area contributed by atoms with Crippen molar-refractivity contribution in [3.63, 3.8) is 0 Å². The Labute approximate surface area is 105 Å². The fraction of sp³-hybridized carbons (Fsp3) is 1.00. The molecule has 98 valence electrons. The lowest BCUT2D eigenvalue weighted by Crippen LogP contribution is -2.42. The summed E-state index contributed by atoms with van der Waals surface area (Å²) in [5.74, 6) is 0.157. The molecule has 7 heteroatoms. The summed E-state index contributed by atoms with van der Waals surface area (Å²) in [6.07, 6.45) is -0.990. The van der Waals surface area contributed by atoms with Gasteiger partial charge in [0.25, 0.3) is 10.1 Å². The Morgan fingerprint density at radius 1 is 1.35 bits per heavy atom. The number of halogens is 1. The van der Waals surface area contributed by atoms with Crippen molar-refractivity contribution in [1.29, 1.82) is 0 Å². The molecule has 0 saturated carbocycles. The maximum Gasteiger partial charge on any atom is 0.273 e. The van der Waals surface area contributed by atoms with Gasteiger partial charge in [-0.15, -0.1) is 0 Å². The standard InChI is InChI=1S/C10H15ClO5S/c1-4(2)10(11)15-7-5-3-6-8(14-5)9(7)16-17(6,12)13/h4-10H,3H2,1-2H3. The van der Waals surface area contributed by atoms with E-state index in [1.807, 2.05) is 13.8 Å². The van der Waals surface area contributed by atoms with Crippen LogP contribution in [0.15, 0.2) is 0 Å². The van der Waals surface area contributed by atoms with Gasteiger partial charge in [-0.25, -0.2) is 0 Å². The van der Waals surface area contributed by atoms with Gasteiger partial charge in [-0.3, -0.25) is 4.18 Å². The van der Waals surface area contributed by atoms with Crippen molar-refractivity contribution >= 4 is 21.7 Å². The summed E-state index contributed by atoms with van der Waals surface area (Å²) >= 11 is 6.06. The van der Waals surface area contributed by atoms with Crippen LogP contribution in [0.3, 0.4) is 0 Å². The average molecular weight is 283 g/mol. The average Bonchev–Trinajstić information content (AvgIpc) is 2.81. The molecule has 0 aliphatic carbocycles. The maximum absolute atomic E-state index is 11.7. The Morgan fingerprint density at radius 2 is 2.06 bits per heavy atom. The third-order valence-corrected chi connectivity index (χ3v) is 5.90. The molecule has 2 bridgehead atoms. The summed E-state index contributed by atoms with van der Waals surface area (Å²) in [6, 6.07) is 0. The van der Waals surface area contributed by atoms with E-state index in [4.69, 9.17) is 25.3 Å². The lowest BCUT2D eigenvalue weighted by atomic mass is 9.94. The molecule has 0 radical (unpaired) electrons. The van der Waals surface area contributed by atoms with Crippen molar-refractivity contribution < 1.29 is 22.1 Å². The van der Waals surface area contributed by atoms with Gasteiger partial charge in [0.1, 0.15) is 29.1 Å². The number of fused-ring (bicyclic) bond motifs is 1. The fourth-order valence-electron chi connectivity index (χ4n) is 2.70. The first-order valence-corrected chi connectivity index (χ1v) is 7.68. The van der Waals surface area contributed by atoms with E-state index in [2.05, 4.69) is 0 Å². The van der Waals surface area contributed by atoms with Crippen LogP contribution in [0.4, 0.5) is 0 Å². The van der Waals surface area contributed by atoms with Crippen LogP contribution in [0.1, 0.15) is 20.3 Å². The summed E-state index contributed by atoms with van der Waals surface area (Å²) in [5, 5.41) is -0.509. The fourth-order valence-corrected chi connectivity index (χ4v) is 4.46. The van der Waals surface area contributed by atoms with E-state index in [0.717, 1.165) is 0 Å². The van der Waals surface area contributed by atoms with E-state index in [-0.39, 0.29) is 24.2 Å². The lowest BCUT2D eigenvalue weighted by Gasteiger charge is -2.26. The van der Waals surface area contributed by atoms with Gasteiger partial charge in [0.15, 0.2) is 0 Å². The van der Waals surface area contributed by atoms with Gasteiger partial charge in [0.05, 0.1) is 6.10 Å². The summed E-state index contributed by atoms with van der Waals surface area (Å²) in [6.45, 7) is 3.89. The first-order chi connectivity index (χ1) is 7.90. The maximum atomic E-state index is 11.7. The zero-order valence-electron chi connectivity index (χ0n) is 9.58. The van der Waals surface area contributed by atoms with Crippen molar-refractivity contribution in [1.82, 2.24) is 0 Å². The Balaban J connectivity index is 1.78. The molecule has 6 atom stereocenters. The van der Waals surface area contributed by atoms with Crippen LogP contribution in [-0.4, -0.2) is 43.6 Å². The van der Waals surface area contributed by atoms with Crippen molar-refractivity contribution in [2.24, 2.45) is 5.92 Å². The largest absolute Gasteiger partial charge is 0.368 e. The van der Waals surface area contributed by atoms with E-state index in [9.17, 15) is 8.42 Å². The third-order valence-electron chi connectivity index (χ3n) is 3.60. The molecule has 0 aromatic rings. The van der Waals surface area contributed by atoms with Crippen LogP contribution < -0.4 is 0 Å². The molecule has 6 unspecified atom stereocenters. The van der Waals surface area contributed by atoms with E-state index >= 15 is 0 Å². The van der Waals surface area contributed by atoms with Crippen LogP contribution in [0.25, 0.3) is 0 Å². The van der Waals surface area contributed by atoms with Crippen molar-refractivity contribution in [2.75, 3.05) is 0 Å². The molecule has 0 amide bonds. The van der Waals surface area contributed by atoms with Gasteiger partial charge in [0, 0.05) is 0 Å². The predicted molar refractivity (Wildman–Crippen MR) is 60.2 cm³/mol. The molecule has 3 aliphatic rings. The molecule has 17 heavy (non-hydrogen) atoms. The molecular weight excluding hydrogens is 268 g/mol. The van der Waals surface area contributed by atoms with Crippen LogP contribution in [0.5, 0.6) is 0 Å². The predicted octanol–water partition coefficient (Wildman–Crippen LogP) is 0.861. The van der Waals surface area contributed by atoms with Gasteiger partial charge in [-0.05, 0) is 12.3 Å². The minimum Gasteiger partial charge on any atom is -0.368 e. The van der Waals surface area contributed by atoms with Crippen molar-refractivity contribution in [2.45, 2.75) is 55.5 Å². The highest BCUT2D eigenvalue weighted by atomic mass is 35.5. The zero-order valence-corrected chi connectivity index (χ0v) is 11.1. The summed E-state index contributed by atoms with van der Waals surface area (Å²) in [4.78, 5) is 0. The summed E-state index contributed by atoms with van der Waals surface area (Å²) in [7, 11) is -3.47. The van der Waals surface area contributed by atoms with Crippen LogP contribution in [0, 0.1) is 5.92 Å². The van der Waals surface area contributed by atoms with Gasteiger partial charge >= 0.3 is 0 Å². The molecule has 0 N–H and O–H groups in total. The van der Waals surface area contributed by atoms with Gasteiger partial charge in [-0.1, -0.05) is 25.4 Å². The van der Waals surface area contributed by atoms with Gasteiger partial charge in [0.2, 0.25) is 0 Å². The van der Waals surface area contributed by atoms with E-state index in [1.54, 1.807) is 0 Å². The van der Waals surface area contributed by atoms with Crippen LogP contribution >= 0.6 is 11.6 Å². The monoisotopic (exact) mass is 282 g/mol. The number of hydrogen-bond donors (Lipinski definition) is 0. The second kappa shape index (κ2) is 3.81. The Bertz CT molecular complexity index is 422. The number of rotatable bonds is 3. The SMILES string of the molecule is CC(C)C(Cl)OC1C2CC3C(O2)C1OS3(=O)=O. The minimum absolute atomic E-state index is 0.157. The van der Waals surface area contributed by atoms with Gasteiger partial charge < -0.3 is 9.47 Å². The van der Waals surface area contributed by atoms with Crippen LogP contribution in [0.2, 0.25) is 0 Å². The minimum atomic E-state index is -3.47. The summed E-state index contributed by atoms with van der Waals surface area (Å²) < 4.78 is 39.7. The first-order valence-electron chi connectivity index (χ1n) is 5.77. The quantitative estimate of drug-likeness (QED) is 0.568. The molecular formula is C10H15ClO5S. The summed E-state index contributed by atoms with van der Waals surface area (Å²) in [5.41, 5.74) is -0.451. The van der Waals surface area contributed by atoms with Crippen LogP contribution in [-0.2, 0) is 23.8 Å². The second-order valence-electron chi connectivity index (χ2n) is 5.16. The third kappa shape index (κ3) is 1.73. The Hall–Kier alpha value is 0.120. The van der Waals surface area contributed by atoms with Gasteiger partial charge in [-0.2, -0.15) is 8.42 Å². The molecule has 3 fully saturated rings. The molecule has 0 spiro atoms. The highest BCUT2D eigenvalue weighted by molar-refractivity contribution is 7.87. The lowest BCUT2D eigenvalue weighted by molar-refractivity contribution is -0.0540. The number of ether oxygens (including phenoxy) is 2. The number of hydrogen-bond acceptors (Lipinski definition) is 5. The molecule has 3 heterocycles. The van der Waals surface area contributed by atoms with E-state index in [1.165, 1.54) is 0 Å². The van der Waals surface area contributed by atoms with E-state index in [0.29, 0.717) is 6.42 Å². The Kier molecular flexibility index (Phi) is 2.72. The number of alkyl halides is 1. The first kappa shape index (κ1) is 12.2. The molecule has 3 aliphatic heterocycles. The highest BCUT2D eigenvalue weighted by Gasteiger charge is 2.66.